The predicted octanol–water partition coefficient (Wildman–Crippen LogP) is 5.97. The quantitative estimate of drug-likeness (QED) is 0.364. The molecule has 1 unspecified atom stereocenters. The van der Waals surface area contributed by atoms with Crippen molar-refractivity contribution in [2.45, 2.75) is 18.5 Å². The Bertz CT molecular complexity index is 1230. The standard InChI is InChI=1S/C27H25ClF3N3O2/c1-26(20-6-4-3-5-7-20)17-33(32-25(26)19-8-12-22(28)13-9-19)16-24(35)34(18-36-2)23-14-10-21(11-15-23)27(29,30)31/h3-15H,16-18H2,1-2H3. The fourth-order valence-corrected chi connectivity index (χ4v) is 4.45. The lowest BCUT2D eigenvalue weighted by Crippen LogP contribution is -2.42. The molecule has 0 aliphatic carbocycles. The molecule has 4 rings (SSSR count). The summed E-state index contributed by atoms with van der Waals surface area (Å²) in [7, 11) is 1.42. The number of amides is 1. The van der Waals surface area contributed by atoms with Crippen LogP contribution in [-0.4, -0.2) is 43.6 Å². The summed E-state index contributed by atoms with van der Waals surface area (Å²) in [5.41, 5.74) is 1.75. The van der Waals surface area contributed by atoms with E-state index in [1.54, 1.807) is 17.1 Å². The topological polar surface area (TPSA) is 45.1 Å². The zero-order valence-corrected chi connectivity index (χ0v) is 20.6. The minimum atomic E-state index is -4.46. The minimum absolute atomic E-state index is 0.0795. The minimum Gasteiger partial charge on any atom is -0.364 e. The third-order valence-corrected chi connectivity index (χ3v) is 6.43. The first-order valence-corrected chi connectivity index (χ1v) is 11.6. The van der Waals surface area contributed by atoms with Crippen molar-refractivity contribution in [3.8, 4) is 0 Å². The molecule has 1 heterocycles. The highest BCUT2D eigenvalue weighted by molar-refractivity contribution is 6.30. The van der Waals surface area contributed by atoms with Crippen molar-refractivity contribution in [3.63, 3.8) is 0 Å². The summed E-state index contributed by atoms with van der Waals surface area (Å²) >= 11 is 6.09. The molecule has 0 spiro atoms. The monoisotopic (exact) mass is 515 g/mol. The van der Waals surface area contributed by atoms with Gasteiger partial charge in [0.1, 0.15) is 13.3 Å². The lowest BCUT2D eigenvalue weighted by atomic mass is 9.76. The Kier molecular flexibility index (Phi) is 7.38. The summed E-state index contributed by atoms with van der Waals surface area (Å²) in [5, 5.41) is 7.11. The number of halogens is 4. The number of hydrogen-bond donors (Lipinski definition) is 0. The van der Waals surface area contributed by atoms with Crippen LogP contribution >= 0.6 is 11.6 Å². The molecular weight excluding hydrogens is 491 g/mol. The van der Waals surface area contributed by atoms with Gasteiger partial charge in [-0.05, 0) is 54.4 Å². The Hall–Kier alpha value is -3.36. The zero-order valence-electron chi connectivity index (χ0n) is 19.8. The summed E-state index contributed by atoms with van der Waals surface area (Å²) < 4.78 is 44.1. The number of anilines is 1. The van der Waals surface area contributed by atoms with Gasteiger partial charge in [0, 0.05) is 17.8 Å². The van der Waals surface area contributed by atoms with Gasteiger partial charge in [-0.3, -0.25) is 14.7 Å². The average molecular weight is 516 g/mol. The smallest absolute Gasteiger partial charge is 0.364 e. The van der Waals surface area contributed by atoms with Crippen LogP contribution in [0.15, 0.2) is 84.0 Å². The molecule has 1 amide bonds. The molecule has 5 nitrogen and oxygen atoms in total. The van der Waals surface area contributed by atoms with Crippen LogP contribution in [0.5, 0.6) is 0 Å². The van der Waals surface area contributed by atoms with Crippen molar-refractivity contribution in [1.82, 2.24) is 5.01 Å². The van der Waals surface area contributed by atoms with E-state index in [-0.39, 0.29) is 19.2 Å². The molecule has 0 saturated heterocycles. The van der Waals surface area contributed by atoms with E-state index in [2.05, 4.69) is 6.92 Å². The van der Waals surface area contributed by atoms with Crippen molar-refractivity contribution < 1.29 is 22.7 Å². The van der Waals surface area contributed by atoms with E-state index >= 15 is 0 Å². The van der Waals surface area contributed by atoms with Crippen molar-refractivity contribution in [1.29, 1.82) is 0 Å². The fourth-order valence-electron chi connectivity index (χ4n) is 4.33. The van der Waals surface area contributed by atoms with Crippen LogP contribution in [0.25, 0.3) is 0 Å². The molecule has 0 saturated carbocycles. The number of hydrazone groups is 1. The van der Waals surface area contributed by atoms with Gasteiger partial charge in [-0.1, -0.05) is 54.1 Å². The SMILES string of the molecule is COCN(C(=O)CN1CC(C)(c2ccccc2)C(c2ccc(Cl)cc2)=N1)c1ccc(C(F)(F)F)cc1. The largest absolute Gasteiger partial charge is 0.416 e. The van der Waals surface area contributed by atoms with Gasteiger partial charge >= 0.3 is 6.18 Å². The number of carbonyl (C=O) groups is 1. The maximum absolute atomic E-state index is 13.3. The second-order valence-corrected chi connectivity index (χ2v) is 9.20. The van der Waals surface area contributed by atoms with Gasteiger partial charge in [0.15, 0.2) is 0 Å². The molecular formula is C27H25ClF3N3O2. The first kappa shape index (κ1) is 25.7. The molecule has 1 aliphatic rings. The van der Waals surface area contributed by atoms with E-state index in [0.29, 0.717) is 17.3 Å². The molecule has 0 N–H and O–H groups in total. The second kappa shape index (κ2) is 10.3. The third kappa shape index (κ3) is 5.39. The van der Waals surface area contributed by atoms with Gasteiger partial charge in [-0.2, -0.15) is 18.3 Å². The Morgan fingerprint density at radius 2 is 1.69 bits per heavy atom. The first-order valence-electron chi connectivity index (χ1n) is 11.2. The highest BCUT2D eigenvalue weighted by Gasteiger charge is 2.41. The summed E-state index contributed by atoms with van der Waals surface area (Å²) in [5.74, 6) is -0.354. The van der Waals surface area contributed by atoms with E-state index < -0.39 is 17.2 Å². The normalized spacial score (nSPS) is 17.7. The number of alkyl halides is 3. The van der Waals surface area contributed by atoms with E-state index in [9.17, 15) is 18.0 Å². The van der Waals surface area contributed by atoms with Crippen LogP contribution in [-0.2, 0) is 21.1 Å². The number of benzene rings is 3. The van der Waals surface area contributed by atoms with Crippen LogP contribution < -0.4 is 4.90 Å². The number of rotatable bonds is 7. The van der Waals surface area contributed by atoms with Crippen LogP contribution in [0, 0.1) is 0 Å². The highest BCUT2D eigenvalue weighted by atomic mass is 35.5. The van der Waals surface area contributed by atoms with Crippen molar-refractivity contribution in [2.75, 3.05) is 31.8 Å². The summed E-state index contributed by atoms with van der Waals surface area (Å²) in [6.45, 7) is 2.32. The van der Waals surface area contributed by atoms with Gasteiger partial charge in [0.2, 0.25) is 5.91 Å². The molecule has 3 aromatic rings. The summed E-state index contributed by atoms with van der Waals surface area (Å²) in [4.78, 5) is 14.6. The Morgan fingerprint density at radius 1 is 1.06 bits per heavy atom. The Labute approximate surface area is 212 Å². The Balaban J connectivity index is 1.62. The van der Waals surface area contributed by atoms with Gasteiger partial charge in [0.05, 0.1) is 23.2 Å². The summed E-state index contributed by atoms with van der Waals surface area (Å²) in [6, 6.07) is 21.7. The van der Waals surface area contributed by atoms with Crippen molar-refractivity contribution in [2.24, 2.45) is 5.10 Å². The molecule has 3 aromatic carbocycles. The number of hydrogen-bond acceptors (Lipinski definition) is 4. The van der Waals surface area contributed by atoms with E-state index in [1.165, 1.54) is 24.1 Å². The predicted molar refractivity (Wildman–Crippen MR) is 134 cm³/mol. The van der Waals surface area contributed by atoms with Gasteiger partial charge in [-0.15, -0.1) is 0 Å². The molecule has 1 atom stereocenters. The number of ether oxygens (including phenoxy) is 1. The van der Waals surface area contributed by atoms with Crippen LogP contribution in [0.4, 0.5) is 18.9 Å². The number of carbonyl (C=O) groups excluding carboxylic acids is 1. The molecule has 1 aliphatic heterocycles. The molecule has 188 valence electrons. The zero-order chi connectivity index (χ0) is 25.9. The summed E-state index contributed by atoms with van der Waals surface area (Å²) in [6.07, 6.45) is -4.46. The maximum atomic E-state index is 13.3. The van der Waals surface area contributed by atoms with Crippen LogP contribution in [0.1, 0.15) is 23.6 Å². The van der Waals surface area contributed by atoms with Gasteiger partial charge < -0.3 is 4.74 Å². The molecule has 9 heteroatoms. The van der Waals surface area contributed by atoms with E-state index in [0.717, 1.165) is 29.0 Å². The Morgan fingerprint density at radius 3 is 2.28 bits per heavy atom. The molecule has 36 heavy (non-hydrogen) atoms. The first-order chi connectivity index (χ1) is 17.1. The van der Waals surface area contributed by atoms with Crippen LogP contribution in [0.3, 0.4) is 0 Å². The van der Waals surface area contributed by atoms with E-state index in [4.69, 9.17) is 21.4 Å². The third-order valence-electron chi connectivity index (χ3n) is 6.17. The number of nitrogens with zero attached hydrogens (tertiary/aromatic N) is 3. The molecule has 0 aromatic heterocycles. The highest BCUT2D eigenvalue weighted by Crippen LogP contribution is 2.35. The lowest BCUT2D eigenvalue weighted by Gasteiger charge is -2.28. The van der Waals surface area contributed by atoms with Crippen LogP contribution in [0.2, 0.25) is 5.02 Å². The molecule has 0 fully saturated rings. The van der Waals surface area contributed by atoms with Gasteiger partial charge in [0.25, 0.3) is 0 Å². The average Bonchev–Trinajstić information content (AvgIpc) is 3.20. The fraction of sp³-hybridized carbons (Fsp3) is 0.259. The molecule has 0 radical (unpaired) electrons. The van der Waals surface area contributed by atoms with Crippen molar-refractivity contribution in [3.05, 3.63) is 101 Å². The second-order valence-electron chi connectivity index (χ2n) is 8.76. The molecule has 0 bridgehead atoms. The lowest BCUT2D eigenvalue weighted by molar-refractivity contribution is -0.137. The van der Waals surface area contributed by atoms with E-state index in [1.807, 2.05) is 42.5 Å². The van der Waals surface area contributed by atoms with Crippen molar-refractivity contribution >= 4 is 28.9 Å². The number of methoxy groups -OCH3 is 1. The van der Waals surface area contributed by atoms with Gasteiger partial charge in [-0.25, -0.2) is 0 Å². The maximum Gasteiger partial charge on any atom is 0.416 e.